The average Bonchev–Trinajstić information content (AvgIpc) is 2.45. The van der Waals surface area contributed by atoms with Gasteiger partial charge in [-0.2, -0.15) is 5.26 Å². The Morgan fingerprint density at radius 1 is 1.10 bits per heavy atom. The van der Waals surface area contributed by atoms with Crippen molar-refractivity contribution in [2.75, 3.05) is 0 Å². The number of rotatable bonds is 3. The van der Waals surface area contributed by atoms with Crippen molar-refractivity contribution in [3.8, 4) is 11.8 Å². The van der Waals surface area contributed by atoms with Crippen LogP contribution in [0, 0.1) is 11.3 Å². The molecule has 0 saturated heterocycles. The first kappa shape index (κ1) is 15.6. The fourth-order valence-electron chi connectivity index (χ4n) is 1.98. The third kappa shape index (κ3) is 4.09. The molecule has 0 aliphatic heterocycles. The summed E-state index contributed by atoms with van der Waals surface area (Å²) in [5, 5.41) is 9.12. The van der Waals surface area contributed by atoms with Crippen molar-refractivity contribution in [1.29, 1.82) is 5.26 Å². The van der Waals surface area contributed by atoms with Crippen molar-refractivity contribution in [3.63, 3.8) is 0 Å². The number of nitrogens with zero attached hydrogens (tertiary/aromatic N) is 1. The van der Waals surface area contributed by atoms with E-state index in [4.69, 9.17) is 10.00 Å². The van der Waals surface area contributed by atoms with Crippen LogP contribution in [-0.4, -0.2) is 0 Å². The monoisotopic (exact) mass is 343 g/mol. The Morgan fingerprint density at radius 2 is 1.76 bits per heavy atom. The number of ether oxygens (including phenoxy) is 1. The van der Waals surface area contributed by atoms with Crippen molar-refractivity contribution in [2.24, 2.45) is 0 Å². The second-order valence-corrected chi connectivity index (χ2v) is 6.90. The number of halogens is 1. The number of hydrogen-bond donors (Lipinski definition) is 0. The molecular formula is C18H18BrNO. The summed E-state index contributed by atoms with van der Waals surface area (Å²) < 4.78 is 6.63. The van der Waals surface area contributed by atoms with Crippen LogP contribution in [0.3, 0.4) is 0 Å². The lowest BCUT2D eigenvalue weighted by Gasteiger charge is -2.19. The summed E-state index contributed by atoms with van der Waals surface area (Å²) in [7, 11) is 0. The van der Waals surface area contributed by atoms with Crippen LogP contribution < -0.4 is 4.74 Å². The predicted molar refractivity (Wildman–Crippen MR) is 88.3 cm³/mol. The third-order valence-corrected chi connectivity index (χ3v) is 3.77. The van der Waals surface area contributed by atoms with Gasteiger partial charge in [-0.15, -0.1) is 0 Å². The smallest absolute Gasteiger partial charge is 0.137 e. The Hall–Kier alpha value is -1.79. The Kier molecular flexibility index (Phi) is 4.69. The predicted octanol–water partition coefficient (Wildman–Crippen LogP) is 5.20. The molecule has 2 aromatic carbocycles. The number of hydrogen-bond acceptors (Lipinski definition) is 2. The molecule has 0 heterocycles. The molecule has 0 N–H and O–H groups in total. The molecular weight excluding hydrogens is 326 g/mol. The third-order valence-electron chi connectivity index (χ3n) is 3.28. The fraction of sp³-hybridized carbons (Fsp3) is 0.278. The maximum absolute atomic E-state index is 9.12. The summed E-state index contributed by atoms with van der Waals surface area (Å²) in [4.78, 5) is 0. The van der Waals surface area contributed by atoms with Crippen LogP contribution in [0.25, 0.3) is 0 Å². The largest absolute Gasteiger partial charge is 0.488 e. The summed E-state index contributed by atoms with van der Waals surface area (Å²) in [5.74, 6) is 0.612. The molecule has 0 aliphatic rings. The van der Waals surface area contributed by atoms with Crippen molar-refractivity contribution < 1.29 is 4.74 Å². The van der Waals surface area contributed by atoms with E-state index in [2.05, 4.69) is 67.0 Å². The minimum Gasteiger partial charge on any atom is -0.488 e. The molecule has 0 unspecified atom stereocenters. The van der Waals surface area contributed by atoms with Gasteiger partial charge in [-0.25, -0.2) is 0 Å². The first-order valence-electron chi connectivity index (χ1n) is 6.82. The second kappa shape index (κ2) is 6.32. The quantitative estimate of drug-likeness (QED) is 0.767. The van der Waals surface area contributed by atoms with E-state index in [1.54, 1.807) is 6.07 Å². The Bertz CT molecular complexity index is 663. The van der Waals surface area contributed by atoms with Gasteiger partial charge in [0.15, 0.2) is 0 Å². The van der Waals surface area contributed by atoms with Gasteiger partial charge in [-0.1, -0.05) is 61.0 Å². The molecule has 0 atom stereocenters. The molecule has 0 spiro atoms. The maximum Gasteiger partial charge on any atom is 0.137 e. The molecule has 2 rings (SSSR count). The Labute approximate surface area is 134 Å². The topological polar surface area (TPSA) is 33.0 Å². The lowest BCUT2D eigenvalue weighted by atomic mass is 9.87. The Morgan fingerprint density at radius 3 is 2.33 bits per heavy atom. The highest BCUT2D eigenvalue weighted by Crippen LogP contribution is 2.25. The van der Waals surface area contributed by atoms with Gasteiger partial charge in [0.1, 0.15) is 18.4 Å². The molecule has 0 bridgehead atoms. The van der Waals surface area contributed by atoms with Gasteiger partial charge in [-0.3, -0.25) is 0 Å². The number of nitriles is 1. The molecule has 2 nitrogen and oxygen atoms in total. The molecule has 0 radical (unpaired) electrons. The summed E-state index contributed by atoms with van der Waals surface area (Å²) in [6.07, 6.45) is 0. The fourth-order valence-corrected chi connectivity index (χ4v) is 2.34. The van der Waals surface area contributed by atoms with E-state index >= 15 is 0 Å². The van der Waals surface area contributed by atoms with Crippen molar-refractivity contribution in [2.45, 2.75) is 32.8 Å². The van der Waals surface area contributed by atoms with E-state index in [0.29, 0.717) is 17.9 Å². The van der Waals surface area contributed by atoms with Gasteiger partial charge in [0.05, 0.1) is 5.56 Å². The normalized spacial score (nSPS) is 11.0. The molecule has 0 aliphatic carbocycles. The summed E-state index contributed by atoms with van der Waals surface area (Å²) in [6.45, 7) is 7.04. The second-order valence-electron chi connectivity index (χ2n) is 5.99. The molecule has 108 valence electrons. The van der Waals surface area contributed by atoms with Gasteiger partial charge < -0.3 is 4.74 Å². The zero-order valence-electron chi connectivity index (χ0n) is 12.5. The van der Waals surface area contributed by atoms with Crippen LogP contribution >= 0.6 is 15.9 Å². The first-order valence-corrected chi connectivity index (χ1v) is 7.61. The molecule has 3 heteroatoms. The van der Waals surface area contributed by atoms with Gasteiger partial charge in [-0.05, 0) is 34.7 Å². The van der Waals surface area contributed by atoms with Crippen LogP contribution in [-0.2, 0) is 12.0 Å². The highest BCUT2D eigenvalue weighted by atomic mass is 79.9. The minimum atomic E-state index is 0.152. The van der Waals surface area contributed by atoms with Crippen LogP contribution in [0.4, 0.5) is 0 Å². The molecule has 0 saturated carbocycles. The van der Waals surface area contributed by atoms with Crippen molar-refractivity contribution in [1.82, 2.24) is 0 Å². The van der Waals surface area contributed by atoms with Crippen LogP contribution in [0.5, 0.6) is 5.75 Å². The zero-order valence-corrected chi connectivity index (χ0v) is 14.1. The van der Waals surface area contributed by atoms with Gasteiger partial charge in [0.2, 0.25) is 0 Å². The summed E-state index contributed by atoms with van der Waals surface area (Å²) >= 11 is 3.35. The van der Waals surface area contributed by atoms with Crippen LogP contribution in [0.1, 0.15) is 37.5 Å². The zero-order chi connectivity index (χ0) is 15.5. The highest BCUT2D eigenvalue weighted by Gasteiger charge is 2.13. The minimum absolute atomic E-state index is 0.152. The highest BCUT2D eigenvalue weighted by molar-refractivity contribution is 9.10. The van der Waals surface area contributed by atoms with Gasteiger partial charge in [0, 0.05) is 4.47 Å². The summed E-state index contributed by atoms with van der Waals surface area (Å²) in [6, 6.07) is 16.0. The van der Waals surface area contributed by atoms with Crippen molar-refractivity contribution >= 4 is 15.9 Å². The number of benzene rings is 2. The Balaban J connectivity index is 2.09. The standard InChI is InChI=1S/C18H18BrNO/c1-18(2,3)15-6-4-13(5-7-15)12-21-17-9-8-16(19)10-14(17)11-20/h4-10H,12H2,1-3H3. The SMILES string of the molecule is CC(C)(C)c1ccc(COc2ccc(Br)cc2C#N)cc1. The maximum atomic E-state index is 9.12. The van der Waals surface area contributed by atoms with Gasteiger partial charge >= 0.3 is 0 Å². The van der Waals surface area contributed by atoms with Crippen molar-refractivity contribution in [3.05, 3.63) is 63.6 Å². The molecule has 2 aromatic rings. The molecule has 0 amide bonds. The van der Waals surface area contributed by atoms with E-state index in [0.717, 1.165) is 10.0 Å². The average molecular weight is 344 g/mol. The summed E-state index contributed by atoms with van der Waals surface area (Å²) in [5.41, 5.74) is 3.08. The van der Waals surface area contributed by atoms with E-state index in [1.807, 2.05) is 12.1 Å². The van der Waals surface area contributed by atoms with E-state index < -0.39 is 0 Å². The van der Waals surface area contributed by atoms with Crippen LogP contribution in [0.2, 0.25) is 0 Å². The molecule has 0 aromatic heterocycles. The molecule has 21 heavy (non-hydrogen) atoms. The van der Waals surface area contributed by atoms with Crippen LogP contribution in [0.15, 0.2) is 46.9 Å². The lowest BCUT2D eigenvalue weighted by Crippen LogP contribution is -2.10. The van der Waals surface area contributed by atoms with E-state index in [1.165, 1.54) is 5.56 Å². The van der Waals surface area contributed by atoms with Gasteiger partial charge in [0.25, 0.3) is 0 Å². The van der Waals surface area contributed by atoms with E-state index in [9.17, 15) is 0 Å². The first-order chi connectivity index (χ1) is 9.90. The van der Waals surface area contributed by atoms with E-state index in [-0.39, 0.29) is 5.41 Å². The molecule has 0 fully saturated rings. The lowest BCUT2D eigenvalue weighted by molar-refractivity contribution is 0.305.